The van der Waals surface area contributed by atoms with Crippen molar-refractivity contribution in [3.05, 3.63) is 65.2 Å². The Hall–Kier alpha value is -3.06. The fourth-order valence-corrected chi connectivity index (χ4v) is 3.44. The predicted octanol–water partition coefficient (Wildman–Crippen LogP) is 4.31. The van der Waals surface area contributed by atoms with Gasteiger partial charge in [-0.2, -0.15) is 0 Å². The number of hydrogen-bond donors (Lipinski definition) is 1. The normalized spacial score (nSPS) is 15.2. The predicted molar refractivity (Wildman–Crippen MR) is 103 cm³/mol. The Balaban J connectivity index is 1.41. The topological polar surface area (TPSA) is 69.7 Å². The average molecular weight is 382 g/mol. The van der Waals surface area contributed by atoms with Gasteiger partial charge in [0.25, 0.3) is 5.91 Å². The Bertz CT molecular complexity index is 939. The number of amides is 1. The van der Waals surface area contributed by atoms with Gasteiger partial charge in [-0.1, -0.05) is 12.1 Å². The maximum Gasteiger partial charge on any atom is 0.257 e. The number of para-hydroxylation sites is 2. The number of rotatable bonds is 5. The summed E-state index contributed by atoms with van der Waals surface area (Å²) in [5.41, 5.74) is 1.28. The van der Waals surface area contributed by atoms with Crippen LogP contribution in [0.25, 0.3) is 0 Å². The first kappa shape index (κ1) is 17.4. The van der Waals surface area contributed by atoms with Gasteiger partial charge in [-0.05, 0) is 43.3 Å². The molecule has 0 saturated carbocycles. The van der Waals surface area contributed by atoms with E-state index in [-0.39, 0.29) is 12.0 Å². The summed E-state index contributed by atoms with van der Waals surface area (Å²) in [5, 5.41) is 5.21. The molecular weight excluding hydrogens is 364 g/mol. The molecule has 0 fully saturated rings. The van der Waals surface area contributed by atoms with Crippen LogP contribution in [0.2, 0.25) is 0 Å². The van der Waals surface area contributed by atoms with Gasteiger partial charge in [0.1, 0.15) is 12.4 Å². The molecule has 1 N–H and O–H groups in total. The number of carbonyl (C=O) groups is 1. The van der Waals surface area contributed by atoms with Crippen molar-refractivity contribution in [1.29, 1.82) is 0 Å². The molecule has 1 aromatic heterocycles. The van der Waals surface area contributed by atoms with E-state index < -0.39 is 0 Å². The first-order valence-electron chi connectivity index (χ1n) is 8.61. The lowest BCUT2D eigenvalue weighted by atomic mass is 10.2. The van der Waals surface area contributed by atoms with Gasteiger partial charge in [-0.25, -0.2) is 4.98 Å². The molecular formula is C20H18N2O4S. The van der Waals surface area contributed by atoms with Gasteiger partial charge in [-0.3, -0.25) is 10.1 Å². The molecule has 138 valence electrons. The molecule has 0 saturated heterocycles. The van der Waals surface area contributed by atoms with Crippen LogP contribution in [0.4, 0.5) is 5.13 Å². The minimum Gasteiger partial charge on any atom is -0.494 e. The number of anilines is 1. The van der Waals surface area contributed by atoms with Crippen molar-refractivity contribution in [3.8, 4) is 17.2 Å². The summed E-state index contributed by atoms with van der Waals surface area (Å²) in [5.74, 6) is 1.94. The van der Waals surface area contributed by atoms with Crippen molar-refractivity contribution in [2.45, 2.75) is 13.0 Å². The molecule has 0 spiro atoms. The first-order valence-corrected chi connectivity index (χ1v) is 9.49. The molecule has 2 aromatic carbocycles. The van der Waals surface area contributed by atoms with E-state index in [1.165, 1.54) is 11.3 Å². The Morgan fingerprint density at radius 1 is 1.22 bits per heavy atom. The quantitative estimate of drug-likeness (QED) is 0.712. The number of carbonyl (C=O) groups excluding carboxylic acids is 1. The van der Waals surface area contributed by atoms with Crippen LogP contribution in [0.1, 0.15) is 29.1 Å². The van der Waals surface area contributed by atoms with Crippen LogP contribution in [0.5, 0.6) is 17.2 Å². The summed E-state index contributed by atoms with van der Waals surface area (Å²) in [4.78, 5) is 16.9. The molecule has 4 rings (SSSR count). The Morgan fingerprint density at radius 3 is 2.78 bits per heavy atom. The molecule has 0 aliphatic carbocycles. The van der Waals surface area contributed by atoms with Gasteiger partial charge in [0, 0.05) is 10.9 Å². The van der Waals surface area contributed by atoms with Crippen molar-refractivity contribution in [1.82, 2.24) is 4.98 Å². The summed E-state index contributed by atoms with van der Waals surface area (Å²) >= 11 is 1.36. The lowest BCUT2D eigenvalue weighted by Crippen LogP contribution is -2.22. The maximum atomic E-state index is 12.4. The van der Waals surface area contributed by atoms with E-state index >= 15 is 0 Å². The van der Waals surface area contributed by atoms with Crippen LogP contribution in [-0.4, -0.2) is 24.1 Å². The lowest BCUT2D eigenvalue weighted by Gasteiger charge is -2.25. The zero-order chi connectivity index (χ0) is 18.6. The van der Waals surface area contributed by atoms with E-state index in [0.717, 1.165) is 17.2 Å². The summed E-state index contributed by atoms with van der Waals surface area (Å²) in [6.45, 7) is 2.89. The number of benzene rings is 2. The second-order valence-corrected chi connectivity index (χ2v) is 6.71. The molecule has 1 atom stereocenters. The minimum atomic E-state index is -0.299. The van der Waals surface area contributed by atoms with E-state index in [0.29, 0.717) is 29.7 Å². The van der Waals surface area contributed by atoms with Crippen LogP contribution in [0.15, 0.2) is 53.9 Å². The van der Waals surface area contributed by atoms with Crippen LogP contribution in [0, 0.1) is 0 Å². The second kappa shape index (κ2) is 7.67. The number of thiazole rings is 1. The van der Waals surface area contributed by atoms with E-state index in [1.54, 1.807) is 24.3 Å². The fourth-order valence-electron chi connectivity index (χ4n) is 2.70. The van der Waals surface area contributed by atoms with Crippen LogP contribution in [0.3, 0.4) is 0 Å². The third-order valence-corrected chi connectivity index (χ3v) is 4.78. The summed E-state index contributed by atoms with van der Waals surface area (Å²) < 4.78 is 17.1. The number of nitrogens with one attached hydrogen (secondary N) is 1. The maximum absolute atomic E-state index is 12.4. The molecule has 2 heterocycles. The van der Waals surface area contributed by atoms with Crippen molar-refractivity contribution in [2.75, 3.05) is 18.5 Å². The summed E-state index contributed by atoms with van der Waals surface area (Å²) in [6.07, 6.45) is -0.299. The van der Waals surface area contributed by atoms with Gasteiger partial charge < -0.3 is 14.2 Å². The standard InChI is InChI=1S/C20H18N2O4S/c1-2-24-14-9-7-13(8-10-14)19(23)22-20-21-15(12-27-20)18-11-25-16-5-3-4-6-17(16)26-18/h3-10,12,18H,2,11H2,1H3,(H,21,22,23)/t18-/m0/s1. The molecule has 0 radical (unpaired) electrons. The smallest absolute Gasteiger partial charge is 0.257 e. The number of ether oxygens (including phenoxy) is 3. The number of aromatic nitrogens is 1. The highest BCUT2D eigenvalue weighted by Crippen LogP contribution is 2.36. The van der Waals surface area contributed by atoms with E-state index in [4.69, 9.17) is 14.2 Å². The van der Waals surface area contributed by atoms with Crippen molar-refractivity contribution >= 4 is 22.4 Å². The first-order chi connectivity index (χ1) is 13.2. The molecule has 6 nitrogen and oxygen atoms in total. The van der Waals surface area contributed by atoms with Crippen LogP contribution >= 0.6 is 11.3 Å². The lowest BCUT2D eigenvalue weighted by molar-refractivity contribution is 0.0888. The van der Waals surface area contributed by atoms with Crippen molar-refractivity contribution in [2.24, 2.45) is 0 Å². The molecule has 7 heteroatoms. The number of hydrogen-bond acceptors (Lipinski definition) is 6. The van der Waals surface area contributed by atoms with E-state index in [2.05, 4.69) is 10.3 Å². The summed E-state index contributed by atoms with van der Waals surface area (Å²) in [6, 6.07) is 14.5. The molecule has 0 unspecified atom stereocenters. The molecule has 3 aromatic rings. The summed E-state index contributed by atoms with van der Waals surface area (Å²) in [7, 11) is 0. The zero-order valence-electron chi connectivity index (χ0n) is 14.7. The highest BCUT2D eigenvalue weighted by molar-refractivity contribution is 7.14. The third kappa shape index (κ3) is 3.88. The number of nitrogens with zero attached hydrogens (tertiary/aromatic N) is 1. The monoisotopic (exact) mass is 382 g/mol. The van der Waals surface area contributed by atoms with Gasteiger partial charge in [0.05, 0.1) is 12.3 Å². The highest BCUT2D eigenvalue weighted by Gasteiger charge is 2.24. The molecule has 1 aliphatic rings. The Labute approximate surface area is 160 Å². The average Bonchev–Trinajstić information content (AvgIpc) is 3.17. The third-order valence-electron chi connectivity index (χ3n) is 4.01. The van der Waals surface area contributed by atoms with Gasteiger partial charge >= 0.3 is 0 Å². The van der Waals surface area contributed by atoms with Crippen LogP contribution in [-0.2, 0) is 0 Å². The Morgan fingerprint density at radius 2 is 2.00 bits per heavy atom. The molecule has 27 heavy (non-hydrogen) atoms. The van der Waals surface area contributed by atoms with Gasteiger partial charge in [-0.15, -0.1) is 11.3 Å². The Kier molecular flexibility index (Phi) is 4.93. The fraction of sp³-hybridized carbons (Fsp3) is 0.200. The number of fused-ring (bicyclic) bond motifs is 1. The minimum absolute atomic E-state index is 0.217. The zero-order valence-corrected chi connectivity index (χ0v) is 15.5. The van der Waals surface area contributed by atoms with Crippen molar-refractivity contribution in [3.63, 3.8) is 0 Å². The molecule has 1 aliphatic heterocycles. The molecule has 0 bridgehead atoms. The largest absolute Gasteiger partial charge is 0.494 e. The molecule has 1 amide bonds. The second-order valence-electron chi connectivity index (χ2n) is 5.85. The SMILES string of the molecule is CCOc1ccc(C(=O)Nc2nc([C@@H]3COc4ccccc4O3)cs2)cc1. The van der Waals surface area contributed by atoms with Gasteiger partial charge in [0.15, 0.2) is 22.7 Å². The highest BCUT2D eigenvalue weighted by atomic mass is 32.1. The van der Waals surface area contributed by atoms with Crippen LogP contribution < -0.4 is 19.5 Å². The van der Waals surface area contributed by atoms with E-state index in [9.17, 15) is 4.79 Å². The van der Waals surface area contributed by atoms with Gasteiger partial charge in [0.2, 0.25) is 0 Å². The van der Waals surface area contributed by atoms with E-state index in [1.807, 2.05) is 36.6 Å². The van der Waals surface area contributed by atoms with Crippen molar-refractivity contribution < 1.29 is 19.0 Å².